The van der Waals surface area contributed by atoms with Crippen molar-refractivity contribution in [3.05, 3.63) is 72.1 Å². The minimum Gasteiger partial charge on any atom is -0.490 e. The third kappa shape index (κ3) is 8.75. The van der Waals surface area contributed by atoms with Crippen molar-refractivity contribution >= 4 is 0 Å². The van der Waals surface area contributed by atoms with E-state index in [1.807, 2.05) is 24.3 Å². The van der Waals surface area contributed by atoms with E-state index >= 15 is 0 Å². The largest absolute Gasteiger partial charge is 0.573 e. The standard InChI is InChI=1S/C26H29F3N2O2/c1-2-3-4-5-6-17-32-24-18-30-25(31-19-24)22-13-9-20(10-14-22)7-8-21-11-15-23(16-12-21)33-26(27,28)29/h9-16,18-19H,2-8,17H2,1H3. The molecule has 0 spiro atoms. The number of unbranched alkanes of at least 4 members (excludes halogenated alkanes) is 4. The zero-order chi connectivity index (χ0) is 23.5. The molecular formula is C26H29F3N2O2. The summed E-state index contributed by atoms with van der Waals surface area (Å²) in [7, 11) is 0. The molecule has 1 heterocycles. The summed E-state index contributed by atoms with van der Waals surface area (Å²) in [5.74, 6) is 1.11. The Morgan fingerprint density at radius 2 is 1.30 bits per heavy atom. The zero-order valence-corrected chi connectivity index (χ0v) is 18.8. The topological polar surface area (TPSA) is 44.2 Å². The smallest absolute Gasteiger partial charge is 0.490 e. The lowest BCUT2D eigenvalue weighted by molar-refractivity contribution is -0.274. The lowest BCUT2D eigenvalue weighted by Gasteiger charge is -2.09. The highest BCUT2D eigenvalue weighted by Crippen LogP contribution is 2.23. The summed E-state index contributed by atoms with van der Waals surface area (Å²) in [5, 5.41) is 0. The predicted molar refractivity (Wildman–Crippen MR) is 122 cm³/mol. The van der Waals surface area contributed by atoms with Crippen LogP contribution in [0.15, 0.2) is 60.9 Å². The molecule has 3 aromatic rings. The summed E-state index contributed by atoms with van der Waals surface area (Å²) in [6.07, 6.45) is 6.18. The zero-order valence-electron chi connectivity index (χ0n) is 18.8. The van der Waals surface area contributed by atoms with Gasteiger partial charge < -0.3 is 9.47 Å². The number of alkyl halides is 3. The molecule has 0 aliphatic rings. The highest BCUT2D eigenvalue weighted by Gasteiger charge is 2.30. The van der Waals surface area contributed by atoms with Gasteiger partial charge in [0.15, 0.2) is 11.6 Å². The molecule has 7 heteroatoms. The fraction of sp³-hybridized carbons (Fsp3) is 0.385. The van der Waals surface area contributed by atoms with E-state index < -0.39 is 6.36 Å². The molecule has 0 N–H and O–H groups in total. The maximum absolute atomic E-state index is 12.2. The molecule has 33 heavy (non-hydrogen) atoms. The molecule has 0 radical (unpaired) electrons. The van der Waals surface area contributed by atoms with Crippen molar-refractivity contribution in [2.24, 2.45) is 0 Å². The van der Waals surface area contributed by atoms with Crippen molar-refractivity contribution in [1.82, 2.24) is 9.97 Å². The minimum absolute atomic E-state index is 0.209. The summed E-state index contributed by atoms with van der Waals surface area (Å²) in [6, 6.07) is 13.9. The molecule has 0 amide bonds. The minimum atomic E-state index is -4.67. The number of hydrogen-bond acceptors (Lipinski definition) is 4. The van der Waals surface area contributed by atoms with Crippen LogP contribution in [0.4, 0.5) is 13.2 Å². The number of aromatic nitrogens is 2. The Balaban J connectivity index is 1.46. The molecule has 0 saturated heterocycles. The van der Waals surface area contributed by atoms with E-state index in [0.717, 1.165) is 29.5 Å². The Kier molecular flexibility index (Phi) is 9.10. The monoisotopic (exact) mass is 458 g/mol. The van der Waals surface area contributed by atoms with Crippen LogP contribution in [0.1, 0.15) is 50.2 Å². The average molecular weight is 459 g/mol. The molecule has 3 rings (SSSR count). The predicted octanol–water partition coefficient (Wildman–Crippen LogP) is 7.18. The summed E-state index contributed by atoms with van der Waals surface area (Å²) in [4.78, 5) is 8.81. The first-order chi connectivity index (χ1) is 15.9. The molecule has 0 bridgehead atoms. The van der Waals surface area contributed by atoms with Gasteiger partial charge in [-0.15, -0.1) is 13.2 Å². The normalized spacial score (nSPS) is 11.4. The Morgan fingerprint density at radius 1 is 0.727 bits per heavy atom. The van der Waals surface area contributed by atoms with E-state index in [-0.39, 0.29) is 5.75 Å². The van der Waals surface area contributed by atoms with Crippen molar-refractivity contribution in [2.75, 3.05) is 6.61 Å². The van der Waals surface area contributed by atoms with Crippen LogP contribution < -0.4 is 9.47 Å². The van der Waals surface area contributed by atoms with Crippen LogP contribution in [-0.2, 0) is 12.8 Å². The molecule has 0 aliphatic heterocycles. The fourth-order valence-electron chi connectivity index (χ4n) is 3.40. The van der Waals surface area contributed by atoms with E-state index in [1.54, 1.807) is 24.5 Å². The first kappa shape index (κ1) is 24.6. The van der Waals surface area contributed by atoms with Gasteiger partial charge in [-0.1, -0.05) is 69.0 Å². The number of halogens is 3. The fourth-order valence-corrected chi connectivity index (χ4v) is 3.40. The molecule has 0 saturated carbocycles. The Labute approximate surface area is 192 Å². The molecule has 1 aromatic heterocycles. The van der Waals surface area contributed by atoms with Crippen LogP contribution in [0, 0.1) is 0 Å². The van der Waals surface area contributed by atoms with E-state index in [1.165, 1.54) is 37.8 Å². The summed E-state index contributed by atoms with van der Waals surface area (Å²) < 4.78 is 46.4. The maximum Gasteiger partial charge on any atom is 0.573 e. The van der Waals surface area contributed by atoms with Crippen molar-refractivity contribution in [2.45, 2.75) is 58.2 Å². The lowest BCUT2D eigenvalue weighted by atomic mass is 10.0. The van der Waals surface area contributed by atoms with Gasteiger partial charge in [-0.25, -0.2) is 9.97 Å². The summed E-state index contributed by atoms with van der Waals surface area (Å²) in [5.41, 5.74) is 2.98. The lowest BCUT2D eigenvalue weighted by Crippen LogP contribution is -2.17. The van der Waals surface area contributed by atoms with Crippen molar-refractivity contribution in [3.63, 3.8) is 0 Å². The highest BCUT2D eigenvalue weighted by molar-refractivity contribution is 5.55. The Bertz CT molecular complexity index is 957. The number of ether oxygens (including phenoxy) is 2. The second-order valence-corrected chi connectivity index (χ2v) is 7.89. The van der Waals surface area contributed by atoms with Crippen molar-refractivity contribution < 1.29 is 22.6 Å². The van der Waals surface area contributed by atoms with Gasteiger partial charge in [-0.05, 0) is 42.5 Å². The van der Waals surface area contributed by atoms with Crippen molar-refractivity contribution in [3.8, 4) is 22.9 Å². The van der Waals surface area contributed by atoms with Crippen molar-refractivity contribution in [1.29, 1.82) is 0 Å². The average Bonchev–Trinajstić information content (AvgIpc) is 2.81. The molecule has 4 nitrogen and oxygen atoms in total. The Morgan fingerprint density at radius 3 is 1.88 bits per heavy atom. The van der Waals surface area contributed by atoms with Crippen LogP contribution in [0.3, 0.4) is 0 Å². The van der Waals surface area contributed by atoms with Gasteiger partial charge in [-0.2, -0.15) is 0 Å². The van der Waals surface area contributed by atoms with Crippen LogP contribution in [0.25, 0.3) is 11.4 Å². The third-order valence-electron chi connectivity index (χ3n) is 5.22. The van der Waals surface area contributed by atoms with Gasteiger partial charge in [0.2, 0.25) is 0 Å². The molecule has 0 fully saturated rings. The SMILES string of the molecule is CCCCCCCOc1cnc(-c2ccc(CCc3ccc(OC(F)(F)F)cc3)cc2)nc1. The Hall–Kier alpha value is -3.09. The third-order valence-corrected chi connectivity index (χ3v) is 5.22. The quantitative estimate of drug-likeness (QED) is 0.270. The van der Waals surface area contributed by atoms with Gasteiger partial charge >= 0.3 is 6.36 Å². The van der Waals surface area contributed by atoms with Crippen LogP contribution in [0.2, 0.25) is 0 Å². The highest BCUT2D eigenvalue weighted by atomic mass is 19.4. The van der Waals surface area contributed by atoms with Crippen LogP contribution >= 0.6 is 0 Å². The summed E-state index contributed by atoms with van der Waals surface area (Å²) >= 11 is 0. The first-order valence-corrected chi connectivity index (χ1v) is 11.3. The van der Waals surface area contributed by atoms with Gasteiger partial charge in [0.1, 0.15) is 5.75 Å². The number of hydrogen-bond donors (Lipinski definition) is 0. The molecule has 0 atom stereocenters. The van der Waals surface area contributed by atoms with Gasteiger partial charge in [-0.3, -0.25) is 0 Å². The molecule has 2 aromatic carbocycles. The second-order valence-electron chi connectivity index (χ2n) is 7.89. The molecule has 0 aliphatic carbocycles. The van der Waals surface area contributed by atoms with Gasteiger partial charge in [0.05, 0.1) is 19.0 Å². The molecular weight excluding hydrogens is 429 g/mol. The van der Waals surface area contributed by atoms with Gasteiger partial charge in [0, 0.05) is 5.56 Å². The molecule has 0 unspecified atom stereocenters. The van der Waals surface area contributed by atoms with E-state index in [2.05, 4.69) is 21.6 Å². The molecule has 176 valence electrons. The van der Waals surface area contributed by atoms with Gasteiger partial charge in [0.25, 0.3) is 0 Å². The first-order valence-electron chi connectivity index (χ1n) is 11.3. The second kappa shape index (κ2) is 12.2. The van der Waals surface area contributed by atoms with E-state index in [4.69, 9.17) is 4.74 Å². The number of nitrogens with zero attached hydrogens (tertiary/aromatic N) is 2. The maximum atomic E-state index is 12.2. The number of benzene rings is 2. The number of aryl methyl sites for hydroxylation is 2. The summed E-state index contributed by atoms with van der Waals surface area (Å²) in [6.45, 7) is 2.88. The van der Waals surface area contributed by atoms with Crippen LogP contribution in [0.5, 0.6) is 11.5 Å². The number of rotatable bonds is 12. The van der Waals surface area contributed by atoms with E-state index in [0.29, 0.717) is 24.6 Å². The van der Waals surface area contributed by atoms with Crippen LogP contribution in [-0.4, -0.2) is 22.9 Å². The van der Waals surface area contributed by atoms with E-state index in [9.17, 15) is 13.2 Å².